The number of sulfonamides is 1. The van der Waals surface area contributed by atoms with Crippen molar-refractivity contribution >= 4 is 10.0 Å². The van der Waals surface area contributed by atoms with Crippen LogP contribution in [0.25, 0.3) is 0 Å². The molecule has 6 nitrogen and oxygen atoms in total. The van der Waals surface area contributed by atoms with E-state index in [0.717, 1.165) is 12.8 Å². The number of aliphatic hydroxyl groups is 1. The summed E-state index contributed by atoms with van der Waals surface area (Å²) >= 11 is 0. The second-order valence-corrected chi connectivity index (χ2v) is 6.54. The molecule has 1 aromatic rings. The number of aliphatic hydroxyl groups excluding tert-OH is 1. The van der Waals surface area contributed by atoms with Gasteiger partial charge in [0, 0.05) is 30.6 Å². The Bertz CT molecular complexity index is 642. The zero-order valence-electron chi connectivity index (χ0n) is 11.7. The van der Waals surface area contributed by atoms with Gasteiger partial charge in [-0.2, -0.15) is 0 Å². The van der Waals surface area contributed by atoms with Crippen molar-refractivity contribution < 1.29 is 18.3 Å². The molecular formula is C14H18N2O4S. The minimum absolute atomic E-state index is 0.0529. The number of nitrogens with one attached hydrogen (secondary N) is 1. The number of nitrogens with zero attached hydrogens (tertiary/aromatic N) is 1. The quantitative estimate of drug-likeness (QED) is 0.779. The van der Waals surface area contributed by atoms with Crippen molar-refractivity contribution in [3.8, 4) is 11.8 Å². The summed E-state index contributed by atoms with van der Waals surface area (Å²) in [6.45, 7) is 2.17. The van der Waals surface area contributed by atoms with E-state index in [1.54, 1.807) is 6.92 Å². The van der Waals surface area contributed by atoms with Gasteiger partial charge in [-0.3, -0.25) is 4.98 Å². The summed E-state index contributed by atoms with van der Waals surface area (Å²) in [5.41, 5.74) is 0.441. The fourth-order valence-corrected chi connectivity index (χ4v) is 3.42. The highest BCUT2D eigenvalue weighted by Crippen LogP contribution is 2.17. The third-order valence-electron chi connectivity index (χ3n) is 3.20. The van der Waals surface area contributed by atoms with Gasteiger partial charge in [0.1, 0.15) is 11.5 Å². The standard InChI is InChI=1S/C14H18N2O4S/c1-11(14-5-3-7-20-14)16-21(18,19)13-8-12(4-2-6-17)9-15-10-13/h8-11,14,16-17H,3,5-7H2,1H3. The molecule has 2 heterocycles. The van der Waals surface area contributed by atoms with Crippen molar-refractivity contribution in [1.29, 1.82) is 0 Å². The first-order chi connectivity index (χ1) is 10.0. The topological polar surface area (TPSA) is 88.5 Å². The molecule has 1 aliphatic heterocycles. The number of hydrogen-bond donors (Lipinski definition) is 2. The minimum Gasteiger partial charge on any atom is -0.384 e. The summed E-state index contributed by atoms with van der Waals surface area (Å²) in [6, 6.07) is 1.13. The SMILES string of the molecule is CC(NS(=O)(=O)c1cncc(C#CCO)c1)C1CCCO1. The van der Waals surface area contributed by atoms with Crippen molar-refractivity contribution in [1.82, 2.24) is 9.71 Å². The summed E-state index contributed by atoms with van der Waals surface area (Å²) in [4.78, 5) is 3.93. The van der Waals surface area contributed by atoms with Crippen LogP contribution in [-0.4, -0.2) is 43.9 Å². The predicted octanol–water partition coefficient (Wildman–Crippen LogP) is 0.271. The van der Waals surface area contributed by atoms with Gasteiger partial charge in [0.15, 0.2) is 0 Å². The van der Waals surface area contributed by atoms with Gasteiger partial charge in [-0.1, -0.05) is 11.8 Å². The molecule has 2 atom stereocenters. The lowest BCUT2D eigenvalue weighted by atomic mass is 10.1. The van der Waals surface area contributed by atoms with E-state index in [2.05, 4.69) is 21.5 Å². The van der Waals surface area contributed by atoms with Crippen LogP contribution in [0, 0.1) is 11.8 Å². The van der Waals surface area contributed by atoms with Crippen LogP contribution in [-0.2, 0) is 14.8 Å². The first kappa shape index (κ1) is 15.9. The number of rotatable bonds is 4. The van der Waals surface area contributed by atoms with Gasteiger partial charge in [-0.25, -0.2) is 13.1 Å². The first-order valence-corrected chi connectivity index (χ1v) is 8.20. The summed E-state index contributed by atoms with van der Waals surface area (Å²) < 4.78 is 32.7. The van der Waals surface area contributed by atoms with Gasteiger partial charge < -0.3 is 9.84 Å². The largest absolute Gasteiger partial charge is 0.384 e. The van der Waals surface area contributed by atoms with Crippen molar-refractivity contribution in [3.05, 3.63) is 24.0 Å². The molecule has 1 aromatic heterocycles. The van der Waals surface area contributed by atoms with Crippen molar-refractivity contribution in [2.75, 3.05) is 13.2 Å². The maximum absolute atomic E-state index is 12.3. The highest BCUT2D eigenvalue weighted by atomic mass is 32.2. The highest BCUT2D eigenvalue weighted by molar-refractivity contribution is 7.89. The van der Waals surface area contributed by atoms with Gasteiger partial charge in [-0.15, -0.1) is 0 Å². The van der Waals surface area contributed by atoms with E-state index in [4.69, 9.17) is 9.84 Å². The molecular weight excluding hydrogens is 292 g/mol. The Hall–Kier alpha value is -1.46. The Morgan fingerprint density at radius 3 is 3.05 bits per heavy atom. The Labute approximate surface area is 124 Å². The van der Waals surface area contributed by atoms with Gasteiger partial charge in [0.25, 0.3) is 0 Å². The molecule has 2 unspecified atom stereocenters. The maximum atomic E-state index is 12.3. The Morgan fingerprint density at radius 2 is 2.38 bits per heavy atom. The molecule has 0 aromatic carbocycles. The lowest BCUT2D eigenvalue weighted by Crippen LogP contribution is -2.40. The van der Waals surface area contributed by atoms with Crippen LogP contribution in [0.1, 0.15) is 25.3 Å². The molecule has 1 aliphatic rings. The smallest absolute Gasteiger partial charge is 0.242 e. The minimum atomic E-state index is -3.67. The second kappa shape index (κ2) is 7.00. The summed E-state index contributed by atoms with van der Waals surface area (Å²) in [6.07, 6.45) is 4.43. The van der Waals surface area contributed by atoms with Gasteiger partial charge in [0.05, 0.1) is 6.10 Å². The molecule has 0 radical (unpaired) electrons. The molecule has 1 saturated heterocycles. The zero-order valence-corrected chi connectivity index (χ0v) is 12.6. The summed E-state index contributed by atoms with van der Waals surface area (Å²) in [7, 11) is -3.67. The third kappa shape index (κ3) is 4.25. The Balaban J connectivity index is 2.15. The predicted molar refractivity (Wildman–Crippen MR) is 77.0 cm³/mol. The Morgan fingerprint density at radius 1 is 1.57 bits per heavy atom. The molecule has 0 spiro atoms. The summed E-state index contributed by atoms with van der Waals surface area (Å²) in [5.74, 6) is 5.09. The van der Waals surface area contributed by atoms with Crippen LogP contribution in [0.3, 0.4) is 0 Å². The van der Waals surface area contributed by atoms with Crippen LogP contribution in [0.4, 0.5) is 0 Å². The van der Waals surface area contributed by atoms with Gasteiger partial charge >= 0.3 is 0 Å². The van der Waals surface area contributed by atoms with Crippen molar-refractivity contribution in [3.63, 3.8) is 0 Å². The number of ether oxygens (including phenoxy) is 1. The van der Waals surface area contributed by atoms with E-state index in [1.807, 2.05) is 0 Å². The van der Waals surface area contributed by atoms with E-state index < -0.39 is 10.0 Å². The molecule has 21 heavy (non-hydrogen) atoms. The molecule has 2 rings (SSSR count). The molecule has 0 amide bonds. The van der Waals surface area contributed by atoms with E-state index in [1.165, 1.54) is 18.5 Å². The lowest BCUT2D eigenvalue weighted by molar-refractivity contribution is 0.0902. The van der Waals surface area contributed by atoms with Crippen LogP contribution >= 0.6 is 0 Å². The number of hydrogen-bond acceptors (Lipinski definition) is 5. The average Bonchev–Trinajstić information content (AvgIpc) is 2.99. The van der Waals surface area contributed by atoms with E-state index in [9.17, 15) is 8.42 Å². The molecule has 7 heteroatoms. The first-order valence-electron chi connectivity index (χ1n) is 6.71. The fourth-order valence-electron chi connectivity index (χ4n) is 2.16. The molecule has 0 saturated carbocycles. The highest BCUT2D eigenvalue weighted by Gasteiger charge is 2.27. The van der Waals surface area contributed by atoms with Crippen LogP contribution in [0.2, 0.25) is 0 Å². The average molecular weight is 310 g/mol. The van der Waals surface area contributed by atoms with Gasteiger partial charge in [-0.05, 0) is 25.8 Å². The monoisotopic (exact) mass is 310 g/mol. The number of pyridine rings is 1. The van der Waals surface area contributed by atoms with Crippen molar-refractivity contribution in [2.24, 2.45) is 0 Å². The Kier molecular flexibility index (Phi) is 5.31. The second-order valence-electron chi connectivity index (χ2n) is 4.83. The maximum Gasteiger partial charge on any atom is 0.242 e. The summed E-state index contributed by atoms with van der Waals surface area (Å²) in [5, 5.41) is 8.66. The van der Waals surface area contributed by atoms with E-state index in [0.29, 0.717) is 12.2 Å². The van der Waals surface area contributed by atoms with Crippen LogP contribution in [0.5, 0.6) is 0 Å². The molecule has 0 bridgehead atoms. The molecule has 2 N–H and O–H groups in total. The number of aromatic nitrogens is 1. The normalized spacial score (nSPS) is 19.8. The third-order valence-corrected chi connectivity index (χ3v) is 4.72. The lowest BCUT2D eigenvalue weighted by Gasteiger charge is -2.19. The zero-order chi connectivity index (χ0) is 15.3. The van der Waals surface area contributed by atoms with Crippen LogP contribution < -0.4 is 4.72 Å². The van der Waals surface area contributed by atoms with Crippen LogP contribution in [0.15, 0.2) is 23.4 Å². The van der Waals surface area contributed by atoms with E-state index >= 15 is 0 Å². The molecule has 0 aliphatic carbocycles. The van der Waals surface area contributed by atoms with E-state index in [-0.39, 0.29) is 23.6 Å². The molecule has 114 valence electrons. The fraction of sp³-hybridized carbons (Fsp3) is 0.500. The van der Waals surface area contributed by atoms with Crippen molar-refractivity contribution in [2.45, 2.75) is 36.8 Å². The van der Waals surface area contributed by atoms with Gasteiger partial charge in [0.2, 0.25) is 10.0 Å². The molecule has 1 fully saturated rings.